The molecule has 0 aliphatic heterocycles. The molecule has 0 amide bonds. The zero-order valence-electron chi connectivity index (χ0n) is 30.1. The minimum Gasteiger partial charge on any atom is -0.502 e. The second kappa shape index (κ2) is 17.7. The van der Waals surface area contributed by atoms with E-state index in [0.717, 1.165) is 64.6 Å². The van der Waals surface area contributed by atoms with Crippen LogP contribution < -0.4 is 10.9 Å². The molecule has 0 saturated heterocycles. The molecule has 0 heterocycles. The fourth-order valence-corrected chi connectivity index (χ4v) is 6.87. The van der Waals surface area contributed by atoms with E-state index in [2.05, 4.69) is 11.5 Å². The maximum atomic E-state index is 13.8. The van der Waals surface area contributed by atoms with Gasteiger partial charge in [-0.25, -0.2) is 0 Å². The number of alkyl halides is 6. The Bertz CT molecular complexity index is 2050. The smallest absolute Gasteiger partial charge is 0.416 e. The first-order valence-corrected chi connectivity index (χ1v) is 17.5. The van der Waals surface area contributed by atoms with Crippen LogP contribution in [0, 0.1) is 0 Å². The van der Waals surface area contributed by atoms with Crippen molar-refractivity contribution in [1.29, 1.82) is 0 Å². The predicted molar refractivity (Wildman–Crippen MR) is 203 cm³/mol. The SMILES string of the molecule is C=C(CCN(Cc1cc(C(F)(F)F)ccc1[B]C)Cc1c2ccccc2c(CN(CCC=O)Cc2cc(C(F)(F)F)ccc2[B]O)c2ccccc12)OC. The summed E-state index contributed by atoms with van der Waals surface area (Å²) >= 11 is 0. The molecule has 1 N–H and O–H groups in total. The van der Waals surface area contributed by atoms with E-state index in [1.54, 1.807) is 14.1 Å². The lowest BCUT2D eigenvalue weighted by molar-refractivity contribution is -0.138. The van der Waals surface area contributed by atoms with E-state index in [1.165, 1.54) is 25.3 Å². The largest absolute Gasteiger partial charge is 0.502 e. The van der Waals surface area contributed by atoms with Gasteiger partial charge in [0.05, 0.1) is 24.0 Å². The lowest BCUT2D eigenvalue weighted by Crippen LogP contribution is -2.30. The lowest BCUT2D eigenvalue weighted by Gasteiger charge is -2.28. The van der Waals surface area contributed by atoms with Crippen LogP contribution in [-0.2, 0) is 48.1 Å². The third-order valence-electron chi connectivity index (χ3n) is 9.66. The fraction of sp³-hybridized carbons (Fsp3) is 0.293. The number of hydrogen-bond donors (Lipinski definition) is 1. The zero-order valence-corrected chi connectivity index (χ0v) is 30.1. The maximum Gasteiger partial charge on any atom is 0.416 e. The minimum atomic E-state index is -4.58. The highest BCUT2D eigenvalue weighted by Gasteiger charge is 2.32. The van der Waals surface area contributed by atoms with Crippen LogP contribution in [0.2, 0.25) is 6.82 Å². The van der Waals surface area contributed by atoms with Gasteiger partial charge in [-0.15, -0.1) is 0 Å². The molecule has 0 aliphatic carbocycles. The quantitative estimate of drug-likeness (QED) is 0.0347. The van der Waals surface area contributed by atoms with Crippen LogP contribution in [0.3, 0.4) is 0 Å². The number of aldehydes is 1. The number of halogens is 6. The van der Waals surface area contributed by atoms with Crippen LogP contribution in [0.4, 0.5) is 26.3 Å². The van der Waals surface area contributed by atoms with Gasteiger partial charge in [0.2, 0.25) is 0 Å². The summed E-state index contributed by atoms with van der Waals surface area (Å²) in [4.78, 5) is 15.5. The molecular weight excluding hydrogens is 704 g/mol. The molecule has 5 nitrogen and oxygen atoms in total. The molecule has 0 aliphatic rings. The summed E-state index contributed by atoms with van der Waals surface area (Å²) in [5, 5.41) is 13.5. The van der Waals surface area contributed by atoms with E-state index in [-0.39, 0.29) is 43.6 Å². The number of fused-ring (bicyclic) bond motifs is 2. The van der Waals surface area contributed by atoms with E-state index in [9.17, 15) is 36.2 Å². The Morgan fingerprint density at radius 3 is 1.57 bits per heavy atom. The Hall–Kier alpha value is -4.58. The number of carbonyl (C=O) groups is 1. The highest BCUT2D eigenvalue weighted by molar-refractivity contribution is 6.52. The molecule has 280 valence electrons. The molecule has 2 radical (unpaired) electrons. The van der Waals surface area contributed by atoms with Gasteiger partial charge in [0.1, 0.15) is 13.6 Å². The van der Waals surface area contributed by atoms with E-state index < -0.39 is 23.5 Å². The monoisotopic (exact) mass is 744 g/mol. The Morgan fingerprint density at radius 1 is 0.722 bits per heavy atom. The Kier molecular flexibility index (Phi) is 13.3. The van der Waals surface area contributed by atoms with Crippen molar-refractivity contribution >= 4 is 53.5 Å². The summed E-state index contributed by atoms with van der Waals surface area (Å²) in [5.41, 5.74) is 2.01. The number of ether oxygens (including phenoxy) is 1. The van der Waals surface area contributed by atoms with Crippen molar-refractivity contribution in [2.75, 3.05) is 20.2 Å². The molecule has 13 heteroatoms. The van der Waals surface area contributed by atoms with Gasteiger partial charge in [0.15, 0.2) is 0 Å². The van der Waals surface area contributed by atoms with Gasteiger partial charge in [-0.1, -0.05) is 91.7 Å². The minimum absolute atomic E-state index is 0.0273. The summed E-state index contributed by atoms with van der Waals surface area (Å²) in [6.45, 7) is 7.32. The maximum absolute atomic E-state index is 13.8. The van der Waals surface area contributed by atoms with Crippen molar-refractivity contribution in [3.05, 3.63) is 131 Å². The predicted octanol–water partition coefficient (Wildman–Crippen LogP) is 7.79. The van der Waals surface area contributed by atoms with Crippen LogP contribution in [0.25, 0.3) is 21.5 Å². The van der Waals surface area contributed by atoms with E-state index in [1.807, 2.05) is 53.4 Å². The third kappa shape index (κ3) is 9.74. The topological polar surface area (TPSA) is 53.0 Å². The number of hydrogen-bond acceptors (Lipinski definition) is 5. The molecule has 0 unspecified atom stereocenters. The summed E-state index contributed by atoms with van der Waals surface area (Å²) in [6.07, 6.45) is -7.74. The van der Waals surface area contributed by atoms with Crippen molar-refractivity contribution in [2.24, 2.45) is 0 Å². The number of nitrogens with zero attached hydrogens (tertiary/aromatic N) is 2. The van der Waals surface area contributed by atoms with E-state index >= 15 is 0 Å². The van der Waals surface area contributed by atoms with Crippen LogP contribution >= 0.6 is 0 Å². The molecule has 0 atom stereocenters. The molecule has 0 aromatic heterocycles. The van der Waals surface area contributed by atoms with Crippen LogP contribution in [-0.4, -0.2) is 56.1 Å². The molecule has 0 fully saturated rings. The zero-order chi connectivity index (χ0) is 39.0. The van der Waals surface area contributed by atoms with Gasteiger partial charge < -0.3 is 14.6 Å². The summed E-state index contributed by atoms with van der Waals surface area (Å²) < 4.78 is 87.9. The second-order valence-corrected chi connectivity index (χ2v) is 13.2. The summed E-state index contributed by atoms with van der Waals surface area (Å²) in [6, 6.07) is 22.5. The van der Waals surface area contributed by atoms with Gasteiger partial charge in [0, 0.05) is 52.1 Å². The number of carbonyl (C=O) groups excluding carboxylic acids is 1. The molecule has 0 spiro atoms. The van der Waals surface area contributed by atoms with Crippen LogP contribution in [0.5, 0.6) is 0 Å². The highest BCUT2D eigenvalue weighted by Crippen LogP contribution is 2.36. The third-order valence-corrected chi connectivity index (χ3v) is 9.66. The average Bonchev–Trinajstić information content (AvgIpc) is 3.15. The van der Waals surface area contributed by atoms with Crippen molar-refractivity contribution < 1.29 is 40.9 Å². The fourth-order valence-electron chi connectivity index (χ4n) is 6.87. The van der Waals surface area contributed by atoms with E-state index in [4.69, 9.17) is 4.74 Å². The van der Waals surface area contributed by atoms with Crippen molar-refractivity contribution in [3.8, 4) is 0 Å². The van der Waals surface area contributed by atoms with E-state index in [0.29, 0.717) is 36.3 Å². The summed E-state index contributed by atoms with van der Waals surface area (Å²) in [7, 11) is 4.10. The van der Waals surface area contributed by atoms with Crippen molar-refractivity contribution in [1.82, 2.24) is 9.80 Å². The molecule has 0 saturated carbocycles. The normalized spacial score (nSPS) is 12.1. The molecule has 5 rings (SSSR count). The Labute approximate surface area is 312 Å². The highest BCUT2D eigenvalue weighted by atomic mass is 19.4. The van der Waals surface area contributed by atoms with Gasteiger partial charge >= 0.3 is 19.8 Å². The van der Waals surface area contributed by atoms with Gasteiger partial charge in [-0.2, -0.15) is 26.3 Å². The molecule has 0 bridgehead atoms. The second-order valence-electron chi connectivity index (χ2n) is 13.2. The average molecular weight is 744 g/mol. The Balaban J connectivity index is 1.60. The number of methoxy groups -OCH3 is 1. The molecule has 54 heavy (non-hydrogen) atoms. The molecule has 5 aromatic carbocycles. The lowest BCUT2D eigenvalue weighted by atomic mass is 9.70. The van der Waals surface area contributed by atoms with Crippen LogP contribution in [0.15, 0.2) is 97.3 Å². The molecule has 5 aromatic rings. The first kappa shape index (κ1) is 40.6. The summed E-state index contributed by atoms with van der Waals surface area (Å²) in [5.74, 6) is 0.537. The Morgan fingerprint density at radius 2 is 1.17 bits per heavy atom. The van der Waals surface area contributed by atoms with Crippen molar-refractivity contribution in [3.63, 3.8) is 0 Å². The number of rotatable bonds is 17. The first-order valence-electron chi connectivity index (χ1n) is 17.5. The number of benzene rings is 5. The van der Waals surface area contributed by atoms with Gasteiger partial charge in [-0.3, -0.25) is 9.80 Å². The molecular formula is C41H40B2F6N2O3. The standard InChI is InChI=1S/C41H40B2F6N2O3/c1-27(54-3)17-19-51(23-28-21-30(40(44,45)46)13-15-38(28)42-2)26-37-34-11-6-4-9-32(34)36(33-10-5-7-12-35(33)37)25-50(18-8-20-52)24-29-22-31(41(47,48)49)14-16-39(29)43-53/h4-7,9-16,20-22,53H,1,8,17-19,23-26H2,2-3H3. The van der Waals surface area contributed by atoms with Gasteiger partial charge in [-0.05, 0) is 61.4 Å². The van der Waals surface area contributed by atoms with Crippen LogP contribution in [0.1, 0.15) is 46.2 Å². The van der Waals surface area contributed by atoms with Gasteiger partial charge in [0.25, 0.3) is 0 Å². The first-order chi connectivity index (χ1) is 25.8. The van der Waals surface area contributed by atoms with Crippen molar-refractivity contribution in [2.45, 2.75) is 58.2 Å².